The molecule has 2 rings (SSSR count). The SMILES string of the molecule is COc1ccc(C#CCNC(=O)CCC(=O)c2ccccc2)cc1. The maximum atomic E-state index is 11.9. The lowest BCUT2D eigenvalue weighted by atomic mass is 10.1. The average Bonchev–Trinajstić information content (AvgIpc) is 2.64. The molecule has 0 radical (unpaired) electrons. The number of ether oxygens (including phenoxy) is 1. The standard InChI is InChI=1S/C20H19NO3/c1-24-18-11-9-16(10-12-18)6-5-15-21-20(23)14-13-19(22)17-7-3-2-4-8-17/h2-4,7-12H,13-15H2,1H3,(H,21,23). The summed E-state index contributed by atoms with van der Waals surface area (Å²) in [5.41, 5.74) is 1.48. The number of nitrogens with one attached hydrogen (secondary N) is 1. The van der Waals surface area contributed by atoms with E-state index < -0.39 is 0 Å². The fourth-order valence-corrected chi connectivity index (χ4v) is 2.05. The fraction of sp³-hybridized carbons (Fsp3) is 0.200. The second-order valence-electron chi connectivity index (χ2n) is 5.10. The van der Waals surface area contributed by atoms with Crippen molar-refractivity contribution in [2.45, 2.75) is 12.8 Å². The summed E-state index contributed by atoms with van der Waals surface area (Å²) in [5, 5.41) is 2.69. The summed E-state index contributed by atoms with van der Waals surface area (Å²) in [5.74, 6) is 6.40. The number of carbonyl (C=O) groups excluding carboxylic acids is 2. The summed E-state index contributed by atoms with van der Waals surface area (Å²) >= 11 is 0. The number of carbonyl (C=O) groups is 2. The van der Waals surface area contributed by atoms with Gasteiger partial charge in [0.1, 0.15) is 5.75 Å². The van der Waals surface area contributed by atoms with Gasteiger partial charge in [0.25, 0.3) is 0 Å². The van der Waals surface area contributed by atoms with E-state index in [1.54, 1.807) is 19.2 Å². The highest BCUT2D eigenvalue weighted by atomic mass is 16.5. The van der Waals surface area contributed by atoms with Gasteiger partial charge in [-0.3, -0.25) is 9.59 Å². The van der Waals surface area contributed by atoms with Gasteiger partial charge < -0.3 is 10.1 Å². The normalized spacial score (nSPS) is 9.54. The van der Waals surface area contributed by atoms with Crippen LogP contribution in [-0.2, 0) is 4.79 Å². The van der Waals surface area contributed by atoms with Crippen LogP contribution in [0.15, 0.2) is 54.6 Å². The van der Waals surface area contributed by atoms with Crippen molar-refractivity contribution in [1.29, 1.82) is 0 Å². The minimum atomic E-state index is -0.177. The molecule has 0 atom stereocenters. The van der Waals surface area contributed by atoms with Gasteiger partial charge in [-0.25, -0.2) is 0 Å². The van der Waals surface area contributed by atoms with E-state index in [1.807, 2.05) is 42.5 Å². The minimum Gasteiger partial charge on any atom is -0.497 e. The predicted octanol–water partition coefficient (Wildman–Crippen LogP) is 2.83. The summed E-state index contributed by atoms with van der Waals surface area (Å²) in [6.45, 7) is 0.254. The van der Waals surface area contributed by atoms with Crippen molar-refractivity contribution < 1.29 is 14.3 Å². The highest BCUT2D eigenvalue weighted by Crippen LogP contribution is 2.10. The molecule has 0 aliphatic heterocycles. The van der Waals surface area contributed by atoms with Crippen molar-refractivity contribution in [1.82, 2.24) is 5.32 Å². The minimum absolute atomic E-state index is 0.0323. The van der Waals surface area contributed by atoms with Crippen molar-refractivity contribution in [2.24, 2.45) is 0 Å². The van der Waals surface area contributed by atoms with Crippen LogP contribution in [0.1, 0.15) is 28.8 Å². The van der Waals surface area contributed by atoms with Crippen LogP contribution in [0.4, 0.5) is 0 Å². The van der Waals surface area contributed by atoms with Gasteiger partial charge in [-0.2, -0.15) is 0 Å². The van der Waals surface area contributed by atoms with Gasteiger partial charge in [-0.15, -0.1) is 0 Å². The molecule has 4 nitrogen and oxygen atoms in total. The molecular formula is C20H19NO3. The molecule has 0 fully saturated rings. The Morgan fingerprint density at radius 3 is 2.38 bits per heavy atom. The molecule has 0 heterocycles. The Morgan fingerprint density at radius 1 is 1.00 bits per heavy atom. The summed E-state index contributed by atoms with van der Waals surface area (Å²) in [7, 11) is 1.61. The number of methoxy groups -OCH3 is 1. The van der Waals surface area contributed by atoms with Crippen molar-refractivity contribution in [2.75, 3.05) is 13.7 Å². The number of benzene rings is 2. The lowest BCUT2D eigenvalue weighted by molar-refractivity contribution is -0.120. The van der Waals surface area contributed by atoms with Gasteiger partial charge in [0, 0.05) is 24.0 Å². The lowest BCUT2D eigenvalue weighted by Gasteiger charge is -2.02. The smallest absolute Gasteiger partial charge is 0.221 e. The molecule has 1 N–H and O–H groups in total. The van der Waals surface area contributed by atoms with E-state index >= 15 is 0 Å². The van der Waals surface area contributed by atoms with E-state index in [4.69, 9.17) is 4.74 Å². The first-order chi connectivity index (χ1) is 11.7. The molecule has 0 spiro atoms. The first-order valence-electron chi connectivity index (χ1n) is 7.67. The van der Waals surface area contributed by atoms with Crippen LogP contribution >= 0.6 is 0 Å². The summed E-state index contributed by atoms with van der Waals surface area (Å²) < 4.78 is 5.07. The largest absolute Gasteiger partial charge is 0.497 e. The first-order valence-corrected chi connectivity index (χ1v) is 7.67. The average molecular weight is 321 g/mol. The number of hydrogen-bond donors (Lipinski definition) is 1. The van der Waals surface area contributed by atoms with Gasteiger partial charge in [-0.1, -0.05) is 42.2 Å². The van der Waals surface area contributed by atoms with Crippen molar-refractivity contribution in [3.63, 3.8) is 0 Å². The molecule has 0 aliphatic rings. The Hall–Kier alpha value is -3.06. The Labute approximate surface area is 141 Å². The lowest BCUT2D eigenvalue weighted by Crippen LogP contribution is -2.24. The summed E-state index contributed by atoms with van der Waals surface area (Å²) in [6, 6.07) is 16.3. The van der Waals surface area contributed by atoms with E-state index in [0.717, 1.165) is 11.3 Å². The van der Waals surface area contributed by atoms with Crippen LogP contribution in [0.3, 0.4) is 0 Å². The zero-order valence-electron chi connectivity index (χ0n) is 13.5. The summed E-state index contributed by atoms with van der Waals surface area (Å²) in [6.07, 6.45) is 0.361. The molecular weight excluding hydrogens is 302 g/mol. The van der Waals surface area contributed by atoms with Crippen LogP contribution in [-0.4, -0.2) is 25.3 Å². The molecule has 24 heavy (non-hydrogen) atoms. The van der Waals surface area contributed by atoms with Gasteiger partial charge in [0.2, 0.25) is 5.91 Å². The predicted molar refractivity (Wildman–Crippen MR) is 92.9 cm³/mol. The Balaban J connectivity index is 1.72. The highest BCUT2D eigenvalue weighted by Gasteiger charge is 2.08. The molecule has 0 bridgehead atoms. The van der Waals surface area contributed by atoms with Crippen molar-refractivity contribution in [3.8, 4) is 17.6 Å². The Morgan fingerprint density at radius 2 is 1.71 bits per heavy atom. The van der Waals surface area contributed by atoms with Gasteiger partial charge in [-0.05, 0) is 24.3 Å². The molecule has 0 aromatic heterocycles. The van der Waals surface area contributed by atoms with E-state index in [1.165, 1.54) is 0 Å². The van der Waals surface area contributed by atoms with E-state index in [2.05, 4.69) is 17.2 Å². The molecule has 2 aromatic rings. The number of ketones is 1. The zero-order chi connectivity index (χ0) is 17.2. The number of Topliss-reactive ketones (excluding diaryl/α,β-unsaturated/α-hetero) is 1. The molecule has 0 unspecified atom stereocenters. The zero-order valence-corrected chi connectivity index (χ0v) is 13.5. The van der Waals surface area contributed by atoms with Crippen LogP contribution < -0.4 is 10.1 Å². The van der Waals surface area contributed by atoms with Crippen LogP contribution in [0.25, 0.3) is 0 Å². The van der Waals surface area contributed by atoms with Crippen molar-refractivity contribution in [3.05, 3.63) is 65.7 Å². The van der Waals surface area contributed by atoms with Crippen LogP contribution in [0.5, 0.6) is 5.75 Å². The van der Waals surface area contributed by atoms with E-state index in [9.17, 15) is 9.59 Å². The highest BCUT2D eigenvalue weighted by molar-refractivity contribution is 5.97. The molecule has 1 amide bonds. The molecule has 4 heteroatoms. The molecule has 122 valence electrons. The number of hydrogen-bond acceptors (Lipinski definition) is 3. The monoisotopic (exact) mass is 321 g/mol. The van der Waals surface area contributed by atoms with E-state index in [0.29, 0.717) is 5.56 Å². The van der Waals surface area contributed by atoms with Crippen molar-refractivity contribution >= 4 is 11.7 Å². The third kappa shape index (κ3) is 5.62. The quantitative estimate of drug-likeness (QED) is 0.657. The first kappa shape index (κ1) is 17.3. The van der Waals surface area contributed by atoms with E-state index in [-0.39, 0.29) is 31.1 Å². The van der Waals surface area contributed by atoms with Crippen LogP contribution in [0, 0.1) is 11.8 Å². The van der Waals surface area contributed by atoms with Gasteiger partial charge in [0.15, 0.2) is 5.78 Å². The second kappa shape index (κ2) is 9.16. The number of rotatable bonds is 6. The topological polar surface area (TPSA) is 55.4 Å². The molecule has 0 aliphatic carbocycles. The van der Waals surface area contributed by atoms with Gasteiger partial charge in [0.05, 0.1) is 13.7 Å². The second-order valence-corrected chi connectivity index (χ2v) is 5.10. The maximum absolute atomic E-state index is 11.9. The fourth-order valence-electron chi connectivity index (χ4n) is 2.05. The third-order valence-electron chi connectivity index (χ3n) is 3.37. The Kier molecular flexibility index (Phi) is 6.60. The molecule has 2 aromatic carbocycles. The van der Waals surface area contributed by atoms with Gasteiger partial charge >= 0.3 is 0 Å². The number of amides is 1. The molecule has 0 saturated heterocycles. The maximum Gasteiger partial charge on any atom is 0.221 e. The third-order valence-corrected chi connectivity index (χ3v) is 3.37. The Bertz CT molecular complexity index is 740. The van der Waals surface area contributed by atoms with Crippen LogP contribution in [0.2, 0.25) is 0 Å². The molecule has 0 saturated carbocycles. The summed E-state index contributed by atoms with van der Waals surface area (Å²) in [4.78, 5) is 23.6.